The van der Waals surface area contributed by atoms with Crippen LogP contribution in [0.2, 0.25) is 0 Å². The second-order valence-corrected chi connectivity index (χ2v) is 4.74. The van der Waals surface area contributed by atoms with E-state index in [4.69, 9.17) is 14.6 Å². The molecule has 1 fully saturated rings. The van der Waals surface area contributed by atoms with Gasteiger partial charge in [0, 0.05) is 18.1 Å². The summed E-state index contributed by atoms with van der Waals surface area (Å²) in [5, 5.41) is 10.7. The monoisotopic (exact) mass is 242 g/mol. The number of hydrogen-bond acceptors (Lipinski definition) is 4. The number of carboxylic acids is 1. The fourth-order valence-corrected chi connectivity index (χ4v) is 2.43. The molecule has 2 rings (SSSR count). The van der Waals surface area contributed by atoms with Crippen LogP contribution in [0.15, 0.2) is 11.4 Å². The Labute approximate surface area is 97.8 Å². The zero-order chi connectivity index (χ0) is 11.4. The van der Waals surface area contributed by atoms with E-state index < -0.39 is 5.97 Å². The molecule has 1 unspecified atom stereocenters. The molecule has 1 saturated heterocycles. The fraction of sp³-hybridized carbons (Fsp3) is 0.545. The van der Waals surface area contributed by atoms with Gasteiger partial charge in [0.1, 0.15) is 4.88 Å². The summed E-state index contributed by atoms with van der Waals surface area (Å²) in [6.07, 6.45) is 1.04. The maximum atomic E-state index is 10.8. The number of carboxylic acid groups (broad SMARTS) is 1. The minimum absolute atomic E-state index is 0.377. The smallest absolute Gasteiger partial charge is 0.346 e. The van der Waals surface area contributed by atoms with Gasteiger partial charge in [-0.3, -0.25) is 0 Å². The van der Waals surface area contributed by atoms with Gasteiger partial charge >= 0.3 is 5.97 Å². The molecule has 1 aromatic rings. The van der Waals surface area contributed by atoms with Crippen molar-refractivity contribution < 1.29 is 19.4 Å². The minimum Gasteiger partial charge on any atom is -0.477 e. The highest BCUT2D eigenvalue weighted by Crippen LogP contribution is 2.19. The Morgan fingerprint density at radius 2 is 2.56 bits per heavy atom. The predicted octanol–water partition coefficient (Wildman–Crippen LogP) is 2.00. The third-order valence-electron chi connectivity index (χ3n) is 2.58. The second-order valence-electron chi connectivity index (χ2n) is 3.82. The lowest BCUT2D eigenvalue weighted by atomic mass is 10.1. The Kier molecular flexibility index (Phi) is 3.93. The van der Waals surface area contributed by atoms with Crippen LogP contribution < -0.4 is 0 Å². The molecule has 4 nitrogen and oxygen atoms in total. The van der Waals surface area contributed by atoms with Gasteiger partial charge in [0.15, 0.2) is 0 Å². The SMILES string of the molecule is O=C(O)c1sccc1COCC1CCOC1. The van der Waals surface area contributed by atoms with Crippen molar-refractivity contribution in [2.24, 2.45) is 5.92 Å². The van der Waals surface area contributed by atoms with Crippen molar-refractivity contribution in [3.8, 4) is 0 Å². The lowest BCUT2D eigenvalue weighted by molar-refractivity contribution is 0.0673. The third kappa shape index (κ3) is 2.81. The summed E-state index contributed by atoms with van der Waals surface area (Å²) in [5.41, 5.74) is 0.761. The van der Waals surface area contributed by atoms with Crippen molar-refractivity contribution in [1.82, 2.24) is 0 Å². The van der Waals surface area contributed by atoms with E-state index in [2.05, 4.69) is 0 Å². The van der Waals surface area contributed by atoms with Crippen molar-refractivity contribution in [3.63, 3.8) is 0 Å². The number of thiophene rings is 1. The van der Waals surface area contributed by atoms with Crippen LogP contribution in [0, 0.1) is 5.92 Å². The first kappa shape index (κ1) is 11.6. The summed E-state index contributed by atoms with van der Waals surface area (Å²) < 4.78 is 10.8. The minimum atomic E-state index is -0.877. The van der Waals surface area contributed by atoms with E-state index in [-0.39, 0.29) is 0 Å². The van der Waals surface area contributed by atoms with Crippen LogP contribution in [0.1, 0.15) is 21.7 Å². The summed E-state index contributed by atoms with van der Waals surface area (Å²) >= 11 is 1.24. The summed E-state index contributed by atoms with van der Waals surface area (Å²) in [4.78, 5) is 11.2. The molecule has 0 saturated carbocycles. The molecule has 1 aliphatic rings. The van der Waals surface area contributed by atoms with Gasteiger partial charge in [0.05, 0.1) is 19.8 Å². The molecule has 2 heterocycles. The highest BCUT2D eigenvalue weighted by molar-refractivity contribution is 7.12. The molecule has 5 heteroatoms. The Hall–Kier alpha value is -0.910. The number of hydrogen-bond donors (Lipinski definition) is 1. The molecule has 0 amide bonds. The van der Waals surface area contributed by atoms with Crippen molar-refractivity contribution >= 4 is 17.3 Å². The second kappa shape index (κ2) is 5.43. The van der Waals surface area contributed by atoms with Crippen LogP contribution in [0.5, 0.6) is 0 Å². The van der Waals surface area contributed by atoms with E-state index in [0.29, 0.717) is 24.0 Å². The topological polar surface area (TPSA) is 55.8 Å². The molecule has 1 aromatic heterocycles. The van der Waals surface area contributed by atoms with E-state index in [0.717, 1.165) is 25.2 Å². The first-order chi connectivity index (χ1) is 7.77. The fourth-order valence-electron chi connectivity index (χ4n) is 1.69. The third-order valence-corrected chi connectivity index (χ3v) is 3.52. The molecule has 0 aliphatic carbocycles. The van der Waals surface area contributed by atoms with Gasteiger partial charge in [-0.1, -0.05) is 0 Å². The van der Waals surface area contributed by atoms with Gasteiger partial charge in [-0.2, -0.15) is 0 Å². The summed E-state index contributed by atoms with van der Waals surface area (Å²) in [7, 11) is 0. The van der Waals surface area contributed by atoms with Crippen LogP contribution in [0.3, 0.4) is 0 Å². The largest absolute Gasteiger partial charge is 0.477 e. The first-order valence-corrected chi connectivity index (χ1v) is 6.10. The van der Waals surface area contributed by atoms with Crippen molar-refractivity contribution in [1.29, 1.82) is 0 Å². The van der Waals surface area contributed by atoms with E-state index in [1.165, 1.54) is 11.3 Å². The molecule has 1 aliphatic heterocycles. The summed E-state index contributed by atoms with van der Waals surface area (Å²) in [5.74, 6) is -0.412. The van der Waals surface area contributed by atoms with E-state index in [9.17, 15) is 4.79 Å². The van der Waals surface area contributed by atoms with E-state index in [1.54, 1.807) is 11.4 Å². The number of aromatic carboxylic acids is 1. The average Bonchev–Trinajstić information content (AvgIpc) is 2.87. The van der Waals surface area contributed by atoms with Crippen LogP contribution >= 0.6 is 11.3 Å². The number of ether oxygens (including phenoxy) is 2. The quantitative estimate of drug-likeness (QED) is 0.858. The average molecular weight is 242 g/mol. The van der Waals surface area contributed by atoms with Crippen molar-refractivity contribution in [2.75, 3.05) is 19.8 Å². The predicted molar refractivity (Wildman–Crippen MR) is 59.9 cm³/mol. The van der Waals surface area contributed by atoms with Gasteiger partial charge in [-0.05, 0) is 17.9 Å². The Balaban J connectivity index is 1.80. The Morgan fingerprint density at radius 3 is 3.25 bits per heavy atom. The number of rotatable bonds is 5. The molecule has 1 N–H and O–H groups in total. The van der Waals surface area contributed by atoms with Crippen LogP contribution in [-0.4, -0.2) is 30.9 Å². The molecule has 1 atom stereocenters. The molecule has 0 bridgehead atoms. The Bertz CT molecular complexity index is 355. The normalized spacial score (nSPS) is 20.1. The highest BCUT2D eigenvalue weighted by Gasteiger charge is 2.16. The lowest BCUT2D eigenvalue weighted by Crippen LogP contribution is -2.09. The molecular formula is C11H14O4S. The van der Waals surface area contributed by atoms with E-state index >= 15 is 0 Å². The maximum Gasteiger partial charge on any atom is 0.346 e. The maximum absolute atomic E-state index is 10.8. The number of carbonyl (C=O) groups is 1. The summed E-state index contributed by atoms with van der Waals surface area (Å²) in [6.45, 7) is 2.60. The van der Waals surface area contributed by atoms with Crippen LogP contribution in [0.4, 0.5) is 0 Å². The van der Waals surface area contributed by atoms with Gasteiger partial charge < -0.3 is 14.6 Å². The van der Waals surface area contributed by atoms with Gasteiger partial charge in [0.2, 0.25) is 0 Å². The van der Waals surface area contributed by atoms with Gasteiger partial charge in [-0.15, -0.1) is 11.3 Å². The van der Waals surface area contributed by atoms with Crippen LogP contribution in [-0.2, 0) is 16.1 Å². The molecule has 0 radical (unpaired) electrons. The van der Waals surface area contributed by atoms with Crippen LogP contribution in [0.25, 0.3) is 0 Å². The standard InChI is InChI=1S/C11H14O4S/c12-11(13)10-9(2-4-16-10)7-15-6-8-1-3-14-5-8/h2,4,8H,1,3,5-7H2,(H,12,13). The Morgan fingerprint density at radius 1 is 1.69 bits per heavy atom. The molecular weight excluding hydrogens is 228 g/mol. The molecule has 0 spiro atoms. The van der Waals surface area contributed by atoms with Gasteiger partial charge in [-0.25, -0.2) is 4.79 Å². The molecule has 88 valence electrons. The van der Waals surface area contributed by atoms with Crippen molar-refractivity contribution in [2.45, 2.75) is 13.0 Å². The van der Waals surface area contributed by atoms with Crippen molar-refractivity contribution in [3.05, 3.63) is 21.9 Å². The van der Waals surface area contributed by atoms with Gasteiger partial charge in [0.25, 0.3) is 0 Å². The lowest BCUT2D eigenvalue weighted by Gasteiger charge is -2.08. The molecule has 0 aromatic carbocycles. The zero-order valence-electron chi connectivity index (χ0n) is 8.85. The molecule has 16 heavy (non-hydrogen) atoms. The van der Waals surface area contributed by atoms with E-state index in [1.807, 2.05) is 0 Å². The highest BCUT2D eigenvalue weighted by atomic mass is 32.1. The first-order valence-electron chi connectivity index (χ1n) is 5.22. The zero-order valence-corrected chi connectivity index (χ0v) is 9.66. The summed E-state index contributed by atoms with van der Waals surface area (Å²) in [6, 6.07) is 1.80.